The zero-order valence-corrected chi connectivity index (χ0v) is 14.8. The van der Waals surface area contributed by atoms with Gasteiger partial charge in [-0.15, -0.1) is 11.3 Å². The third kappa shape index (κ3) is 4.14. The van der Waals surface area contributed by atoms with Crippen LogP contribution in [0.25, 0.3) is 16.0 Å². The highest BCUT2D eigenvalue weighted by molar-refractivity contribution is 7.15. The second-order valence-corrected chi connectivity index (χ2v) is 7.60. The minimum absolute atomic E-state index is 0.226. The average molecular weight is 368 g/mol. The standard InChI is InChI=1S/C20H20F4S/c1-2-3-13-4-6-14(7-5-13)15-8-9-16(17(21)12-15)18-10-11-19(25-18)20(22,23)24/h6,8-13H,2-5,7H2,1H3. The van der Waals surface area contributed by atoms with Gasteiger partial charge in [-0.3, -0.25) is 0 Å². The van der Waals surface area contributed by atoms with Gasteiger partial charge in [0, 0.05) is 10.4 Å². The van der Waals surface area contributed by atoms with Gasteiger partial charge in [0.05, 0.1) is 0 Å². The van der Waals surface area contributed by atoms with Gasteiger partial charge in [-0.25, -0.2) is 4.39 Å². The van der Waals surface area contributed by atoms with Gasteiger partial charge in [-0.1, -0.05) is 38.0 Å². The monoisotopic (exact) mass is 368 g/mol. The Hall–Kier alpha value is -1.62. The number of hydrogen-bond acceptors (Lipinski definition) is 1. The quantitative estimate of drug-likeness (QED) is 0.489. The molecule has 0 saturated carbocycles. The van der Waals surface area contributed by atoms with Crippen LogP contribution in [-0.2, 0) is 6.18 Å². The van der Waals surface area contributed by atoms with E-state index in [-0.39, 0.29) is 5.56 Å². The van der Waals surface area contributed by atoms with E-state index in [1.807, 2.05) is 6.07 Å². The molecule has 0 aliphatic heterocycles. The Bertz CT molecular complexity index is 770. The van der Waals surface area contributed by atoms with Crippen molar-refractivity contribution in [1.29, 1.82) is 0 Å². The van der Waals surface area contributed by atoms with Gasteiger partial charge in [0.15, 0.2) is 0 Å². The van der Waals surface area contributed by atoms with E-state index < -0.39 is 16.9 Å². The lowest BCUT2D eigenvalue weighted by molar-refractivity contribution is -0.134. The molecule has 2 aromatic rings. The summed E-state index contributed by atoms with van der Waals surface area (Å²) >= 11 is 0.575. The summed E-state index contributed by atoms with van der Waals surface area (Å²) in [5, 5.41) is 0. The van der Waals surface area contributed by atoms with Crippen LogP contribution in [0, 0.1) is 11.7 Å². The molecule has 0 N–H and O–H groups in total. The SMILES string of the molecule is CCCC1CC=C(c2ccc(-c3ccc(C(F)(F)F)s3)c(F)c2)CC1. The van der Waals surface area contributed by atoms with Crippen molar-refractivity contribution in [3.63, 3.8) is 0 Å². The van der Waals surface area contributed by atoms with Crippen LogP contribution in [0.1, 0.15) is 49.5 Å². The second-order valence-electron chi connectivity index (χ2n) is 6.51. The molecule has 5 heteroatoms. The fourth-order valence-corrected chi connectivity index (χ4v) is 4.27. The molecular weight excluding hydrogens is 348 g/mol. The first-order valence-electron chi connectivity index (χ1n) is 8.55. The van der Waals surface area contributed by atoms with Crippen LogP contribution in [-0.4, -0.2) is 0 Å². The van der Waals surface area contributed by atoms with E-state index in [9.17, 15) is 17.6 Å². The van der Waals surface area contributed by atoms with Gasteiger partial charge in [0.25, 0.3) is 0 Å². The molecule has 1 aromatic carbocycles. The number of rotatable bonds is 4. The number of hydrogen-bond donors (Lipinski definition) is 0. The molecule has 0 saturated heterocycles. The number of benzene rings is 1. The smallest absolute Gasteiger partial charge is 0.206 e. The van der Waals surface area contributed by atoms with Crippen LogP contribution in [0.4, 0.5) is 17.6 Å². The van der Waals surface area contributed by atoms with E-state index in [4.69, 9.17) is 0 Å². The fourth-order valence-electron chi connectivity index (χ4n) is 3.37. The van der Waals surface area contributed by atoms with Gasteiger partial charge in [0.1, 0.15) is 10.7 Å². The molecule has 0 fully saturated rings. The van der Waals surface area contributed by atoms with E-state index in [1.54, 1.807) is 6.07 Å². The Morgan fingerprint density at radius 2 is 1.96 bits per heavy atom. The molecule has 1 heterocycles. The lowest BCUT2D eigenvalue weighted by Crippen LogP contribution is -2.05. The predicted octanol–water partition coefficient (Wildman–Crippen LogP) is 7.56. The predicted molar refractivity (Wildman–Crippen MR) is 94.9 cm³/mol. The molecule has 1 aliphatic rings. The maximum absolute atomic E-state index is 14.5. The topological polar surface area (TPSA) is 0 Å². The van der Waals surface area contributed by atoms with Crippen molar-refractivity contribution >= 4 is 16.9 Å². The molecule has 0 nitrogen and oxygen atoms in total. The lowest BCUT2D eigenvalue weighted by atomic mass is 9.84. The molecule has 25 heavy (non-hydrogen) atoms. The summed E-state index contributed by atoms with van der Waals surface area (Å²) < 4.78 is 52.7. The Morgan fingerprint density at radius 1 is 1.16 bits per heavy atom. The summed E-state index contributed by atoms with van der Waals surface area (Å²) in [7, 11) is 0. The Balaban J connectivity index is 1.81. The van der Waals surface area contributed by atoms with Crippen molar-refractivity contribution in [3.05, 3.63) is 52.7 Å². The fraction of sp³-hybridized carbons (Fsp3) is 0.400. The van der Waals surface area contributed by atoms with Crippen molar-refractivity contribution in [2.45, 2.75) is 45.2 Å². The highest BCUT2D eigenvalue weighted by Gasteiger charge is 2.32. The van der Waals surface area contributed by atoms with Crippen LogP contribution in [0.3, 0.4) is 0 Å². The molecule has 1 unspecified atom stereocenters. The summed E-state index contributed by atoms with van der Waals surface area (Å²) in [6.07, 6.45) is 3.26. The molecule has 0 bridgehead atoms. The molecule has 1 aromatic heterocycles. The average Bonchev–Trinajstić information content (AvgIpc) is 3.06. The van der Waals surface area contributed by atoms with E-state index in [2.05, 4.69) is 13.0 Å². The van der Waals surface area contributed by atoms with Crippen LogP contribution in [0.15, 0.2) is 36.4 Å². The van der Waals surface area contributed by atoms with Gasteiger partial charge in [-0.2, -0.15) is 13.2 Å². The van der Waals surface area contributed by atoms with Gasteiger partial charge >= 0.3 is 6.18 Å². The molecule has 3 rings (SSSR count). The number of allylic oxidation sites excluding steroid dienone is 2. The normalized spacial score (nSPS) is 18.3. The molecule has 0 radical (unpaired) electrons. The van der Waals surface area contributed by atoms with Crippen molar-refractivity contribution in [1.82, 2.24) is 0 Å². The first-order chi connectivity index (χ1) is 11.9. The minimum Gasteiger partial charge on any atom is -0.206 e. The van der Waals surface area contributed by atoms with Crippen LogP contribution < -0.4 is 0 Å². The van der Waals surface area contributed by atoms with Gasteiger partial charge in [0.2, 0.25) is 0 Å². The zero-order valence-electron chi connectivity index (χ0n) is 14.0. The second kappa shape index (κ2) is 7.32. The molecule has 1 atom stereocenters. The van der Waals surface area contributed by atoms with E-state index >= 15 is 0 Å². The van der Waals surface area contributed by atoms with Crippen molar-refractivity contribution < 1.29 is 17.6 Å². The van der Waals surface area contributed by atoms with Crippen molar-refractivity contribution in [2.75, 3.05) is 0 Å². The van der Waals surface area contributed by atoms with Crippen LogP contribution >= 0.6 is 11.3 Å². The van der Waals surface area contributed by atoms with E-state index in [1.165, 1.54) is 25.0 Å². The largest absolute Gasteiger partial charge is 0.425 e. The molecule has 1 aliphatic carbocycles. The lowest BCUT2D eigenvalue weighted by Gasteiger charge is -2.21. The molecule has 0 amide bonds. The maximum atomic E-state index is 14.5. The first-order valence-corrected chi connectivity index (χ1v) is 9.36. The summed E-state index contributed by atoms with van der Waals surface area (Å²) in [4.78, 5) is -0.403. The Labute approximate surface area is 149 Å². The number of thiophene rings is 1. The van der Waals surface area contributed by atoms with Crippen molar-refractivity contribution in [3.8, 4) is 10.4 Å². The Kier molecular flexibility index (Phi) is 5.32. The minimum atomic E-state index is -4.39. The Morgan fingerprint density at radius 3 is 2.52 bits per heavy atom. The molecule has 134 valence electrons. The van der Waals surface area contributed by atoms with E-state index in [0.29, 0.717) is 22.1 Å². The molecular formula is C20H20F4S. The third-order valence-corrected chi connectivity index (χ3v) is 5.87. The van der Waals surface area contributed by atoms with Gasteiger partial charge < -0.3 is 0 Å². The zero-order chi connectivity index (χ0) is 18.0. The summed E-state index contributed by atoms with van der Waals surface area (Å²) in [5.41, 5.74) is 2.20. The van der Waals surface area contributed by atoms with Gasteiger partial charge in [-0.05, 0) is 54.5 Å². The number of alkyl halides is 3. The summed E-state index contributed by atoms with van der Waals surface area (Å²) in [6.45, 7) is 2.18. The number of halogens is 4. The molecule has 0 spiro atoms. The summed E-state index contributed by atoms with van der Waals surface area (Å²) in [5.74, 6) is 0.245. The van der Waals surface area contributed by atoms with E-state index in [0.717, 1.165) is 36.5 Å². The van der Waals surface area contributed by atoms with Crippen molar-refractivity contribution in [2.24, 2.45) is 5.92 Å². The van der Waals surface area contributed by atoms with Crippen LogP contribution in [0.5, 0.6) is 0 Å². The highest BCUT2D eigenvalue weighted by Crippen LogP contribution is 2.40. The maximum Gasteiger partial charge on any atom is 0.425 e. The van der Waals surface area contributed by atoms with Crippen LogP contribution in [0.2, 0.25) is 0 Å². The summed E-state index contributed by atoms with van der Waals surface area (Å²) in [6, 6.07) is 7.20. The first kappa shape index (κ1) is 18.2. The third-order valence-electron chi connectivity index (χ3n) is 4.71. The highest BCUT2D eigenvalue weighted by atomic mass is 32.1.